The lowest BCUT2D eigenvalue weighted by Crippen LogP contribution is -2.44. The highest BCUT2D eigenvalue weighted by Crippen LogP contribution is 2.51. The molecule has 2 nitrogen and oxygen atoms in total. The van der Waals surface area contributed by atoms with Gasteiger partial charge in [-0.3, -0.25) is 0 Å². The molecule has 1 N–H and O–H groups in total. The zero-order chi connectivity index (χ0) is 19.6. The van der Waals surface area contributed by atoms with E-state index in [0.717, 1.165) is 54.4 Å². The molecule has 0 radical (unpaired) electrons. The van der Waals surface area contributed by atoms with Gasteiger partial charge in [0.15, 0.2) is 23.3 Å². The predicted molar refractivity (Wildman–Crippen MR) is 98.4 cm³/mol. The maximum Gasteiger partial charge on any atom is 0.200 e. The number of hydrogen-bond acceptors (Lipinski definition) is 3. The van der Waals surface area contributed by atoms with E-state index in [4.69, 9.17) is 0 Å². The highest BCUT2D eigenvalue weighted by molar-refractivity contribution is 7.99. The number of piperidine rings is 1. The number of nitrogens with zero attached hydrogens (tertiary/aromatic N) is 1. The smallest absolute Gasteiger partial charge is 0.200 e. The van der Waals surface area contributed by atoms with Gasteiger partial charge < -0.3 is 10.2 Å². The van der Waals surface area contributed by atoms with E-state index in [1.165, 1.54) is 0 Å². The fourth-order valence-electron chi connectivity index (χ4n) is 4.73. The summed E-state index contributed by atoms with van der Waals surface area (Å²) in [7, 11) is 0. The molecule has 3 heterocycles. The summed E-state index contributed by atoms with van der Waals surface area (Å²) >= 11 is 1.58. The number of nitrogens with one attached hydrogen (secondary N) is 1. The fraction of sp³-hybridized carbons (Fsp3) is 0.400. The second-order valence-electron chi connectivity index (χ2n) is 7.42. The number of halogens is 5. The van der Waals surface area contributed by atoms with E-state index in [0.29, 0.717) is 6.04 Å². The van der Waals surface area contributed by atoms with Gasteiger partial charge in [0.2, 0.25) is 5.82 Å². The molecule has 3 aliphatic rings. The van der Waals surface area contributed by atoms with E-state index in [9.17, 15) is 22.0 Å². The van der Waals surface area contributed by atoms with Gasteiger partial charge in [-0.25, -0.2) is 22.0 Å². The van der Waals surface area contributed by atoms with Crippen LogP contribution in [0.4, 0.5) is 27.6 Å². The van der Waals surface area contributed by atoms with Crippen molar-refractivity contribution in [2.45, 2.75) is 29.7 Å². The third-order valence-corrected chi connectivity index (χ3v) is 7.05. The molecule has 5 rings (SSSR count). The van der Waals surface area contributed by atoms with E-state index in [2.05, 4.69) is 10.2 Å². The Labute approximate surface area is 163 Å². The maximum absolute atomic E-state index is 14.4. The van der Waals surface area contributed by atoms with Crippen molar-refractivity contribution in [3.63, 3.8) is 0 Å². The highest BCUT2D eigenvalue weighted by Gasteiger charge is 2.42. The van der Waals surface area contributed by atoms with Gasteiger partial charge in [-0.15, -0.1) is 11.8 Å². The first kappa shape index (κ1) is 18.2. The van der Waals surface area contributed by atoms with Crippen LogP contribution in [0.5, 0.6) is 0 Å². The first-order chi connectivity index (χ1) is 13.5. The van der Waals surface area contributed by atoms with Crippen LogP contribution < -0.4 is 10.2 Å². The molecule has 1 saturated heterocycles. The van der Waals surface area contributed by atoms with Crippen molar-refractivity contribution < 1.29 is 22.0 Å². The topological polar surface area (TPSA) is 15.3 Å². The summed E-state index contributed by atoms with van der Waals surface area (Å²) < 4.78 is 69.9. The summed E-state index contributed by atoms with van der Waals surface area (Å²) in [4.78, 5) is 3.22. The highest BCUT2D eigenvalue weighted by atomic mass is 32.2. The SMILES string of the molecule is Fc1c(F)c(F)c(-c2cc3c4c(c2)[C@@H]2CNCC[C@@H]2N4CCCS3)c(F)c1F. The standard InChI is InChI=1S/C20H17F5N2S/c21-15-14(16(22)18(24)19(25)17(15)23)9-6-10-11-8-26-3-2-12(11)27-4-1-5-28-13(7-9)20(10)27/h6-7,11-12,26H,1-5,8H2/t11-,12-/m0/s1. The molecule has 2 aromatic rings. The van der Waals surface area contributed by atoms with Gasteiger partial charge in [0.05, 0.1) is 11.3 Å². The van der Waals surface area contributed by atoms with Crippen molar-refractivity contribution in [3.05, 3.63) is 46.8 Å². The van der Waals surface area contributed by atoms with Gasteiger partial charge in [0.1, 0.15) is 0 Å². The van der Waals surface area contributed by atoms with E-state index >= 15 is 0 Å². The largest absolute Gasteiger partial charge is 0.367 e. The summed E-state index contributed by atoms with van der Waals surface area (Å²) in [5.74, 6) is -8.53. The van der Waals surface area contributed by atoms with Gasteiger partial charge in [0.25, 0.3) is 0 Å². The molecule has 28 heavy (non-hydrogen) atoms. The van der Waals surface area contributed by atoms with Crippen LogP contribution in [-0.4, -0.2) is 31.4 Å². The van der Waals surface area contributed by atoms with Crippen LogP contribution in [0.2, 0.25) is 0 Å². The quantitative estimate of drug-likeness (QED) is 0.411. The molecule has 0 bridgehead atoms. The van der Waals surface area contributed by atoms with Gasteiger partial charge in [-0.2, -0.15) is 0 Å². The van der Waals surface area contributed by atoms with Crippen molar-refractivity contribution in [3.8, 4) is 11.1 Å². The molecule has 2 aromatic carbocycles. The minimum atomic E-state index is -2.13. The summed E-state index contributed by atoms with van der Waals surface area (Å²) in [6.45, 7) is 2.55. The Kier molecular flexibility index (Phi) is 4.32. The van der Waals surface area contributed by atoms with Crippen molar-refractivity contribution in [1.82, 2.24) is 5.32 Å². The average molecular weight is 412 g/mol. The van der Waals surface area contributed by atoms with Gasteiger partial charge in [-0.1, -0.05) is 0 Å². The number of hydrogen-bond donors (Lipinski definition) is 1. The van der Waals surface area contributed by atoms with Crippen LogP contribution in [0.1, 0.15) is 24.3 Å². The molecule has 8 heteroatoms. The van der Waals surface area contributed by atoms with Crippen LogP contribution in [0.3, 0.4) is 0 Å². The van der Waals surface area contributed by atoms with Crippen LogP contribution >= 0.6 is 11.8 Å². The molecule has 2 atom stereocenters. The molecule has 0 spiro atoms. The molecule has 1 fully saturated rings. The van der Waals surface area contributed by atoms with E-state index in [-0.39, 0.29) is 11.5 Å². The number of thioether (sulfide) groups is 1. The second kappa shape index (κ2) is 6.62. The summed E-state index contributed by atoms with van der Waals surface area (Å²) in [6.07, 6.45) is 1.94. The van der Waals surface area contributed by atoms with Gasteiger partial charge >= 0.3 is 0 Å². The minimum absolute atomic E-state index is 0.0436. The first-order valence-corrected chi connectivity index (χ1v) is 10.3. The Bertz CT molecular complexity index is 951. The number of benzene rings is 2. The minimum Gasteiger partial charge on any atom is -0.367 e. The molecule has 0 aromatic heterocycles. The zero-order valence-electron chi connectivity index (χ0n) is 14.8. The van der Waals surface area contributed by atoms with Crippen LogP contribution in [0.25, 0.3) is 11.1 Å². The number of fused-ring (bicyclic) bond motifs is 3. The Morgan fingerprint density at radius 2 is 1.68 bits per heavy atom. The summed E-state index contributed by atoms with van der Waals surface area (Å²) in [5.41, 5.74) is 1.19. The van der Waals surface area contributed by atoms with Crippen LogP contribution in [-0.2, 0) is 0 Å². The van der Waals surface area contributed by atoms with Crippen LogP contribution in [0.15, 0.2) is 17.0 Å². The Morgan fingerprint density at radius 3 is 2.43 bits per heavy atom. The molecular formula is C20H17F5N2S. The lowest BCUT2D eigenvalue weighted by molar-refractivity contribution is 0.381. The van der Waals surface area contributed by atoms with E-state index in [1.807, 2.05) is 0 Å². The monoisotopic (exact) mass is 412 g/mol. The lowest BCUT2D eigenvalue weighted by atomic mass is 9.88. The maximum atomic E-state index is 14.4. The van der Waals surface area contributed by atoms with Crippen molar-refractivity contribution in [1.29, 1.82) is 0 Å². The normalized spacial score (nSPS) is 23.4. The third kappa shape index (κ3) is 2.50. The summed E-state index contributed by atoms with van der Waals surface area (Å²) in [6, 6.07) is 3.50. The van der Waals surface area contributed by atoms with Crippen molar-refractivity contribution >= 4 is 17.4 Å². The Morgan fingerprint density at radius 1 is 0.964 bits per heavy atom. The van der Waals surface area contributed by atoms with E-state index < -0.39 is 34.6 Å². The molecular weight excluding hydrogens is 395 g/mol. The molecule has 3 aliphatic heterocycles. The average Bonchev–Trinajstić information content (AvgIpc) is 2.86. The van der Waals surface area contributed by atoms with Gasteiger partial charge in [0, 0.05) is 29.9 Å². The molecule has 0 saturated carbocycles. The summed E-state index contributed by atoms with van der Waals surface area (Å²) in [5, 5.41) is 3.35. The van der Waals surface area contributed by atoms with Crippen molar-refractivity contribution in [2.24, 2.45) is 0 Å². The zero-order valence-corrected chi connectivity index (χ0v) is 15.6. The first-order valence-electron chi connectivity index (χ1n) is 9.29. The third-order valence-electron chi connectivity index (χ3n) is 5.94. The van der Waals surface area contributed by atoms with Crippen molar-refractivity contribution in [2.75, 3.05) is 30.3 Å². The second-order valence-corrected chi connectivity index (χ2v) is 8.56. The Hall–Kier alpha value is -1.80. The lowest BCUT2D eigenvalue weighted by Gasteiger charge is -2.33. The molecule has 0 aliphatic carbocycles. The molecule has 148 valence electrons. The molecule has 0 amide bonds. The Balaban J connectivity index is 1.75. The number of rotatable bonds is 1. The fourth-order valence-corrected chi connectivity index (χ4v) is 5.80. The van der Waals surface area contributed by atoms with E-state index in [1.54, 1.807) is 23.9 Å². The van der Waals surface area contributed by atoms with Gasteiger partial charge in [-0.05, 0) is 48.4 Å². The predicted octanol–water partition coefficient (Wildman–Crippen LogP) is 4.81. The number of anilines is 1. The van der Waals surface area contributed by atoms with Crippen LogP contribution in [0, 0.1) is 29.1 Å². The molecule has 0 unspecified atom stereocenters.